The average Bonchev–Trinajstić information content (AvgIpc) is 2.38. The van der Waals surface area contributed by atoms with E-state index in [0.29, 0.717) is 0 Å². The lowest BCUT2D eigenvalue weighted by atomic mass is 9.99. The number of hydrogen-bond donors (Lipinski definition) is 0. The minimum absolute atomic E-state index is 1.31. The van der Waals surface area contributed by atoms with Gasteiger partial charge in [0.1, 0.15) is 7.05 Å². The minimum Gasteiger partial charge on any atom is -0.198 e. The van der Waals surface area contributed by atoms with Crippen molar-refractivity contribution in [3.05, 3.63) is 53.2 Å². The van der Waals surface area contributed by atoms with Gasteiger partial charge < -0.3 is 0 Å². The van der Waals surface area contributed by atoms with Gasteiger partial charge in [-0.15, -0.1) is 0 Å². The number of pyridine rings is 1. The van der Waals surface area contributed by atoms with Gasteiger partial charge in [0.15, 0.2) is 5.69 Å². The molecule has 0 aliphatic heterocycles. The SMILES string of the molecule is Cc1cc2c3ccccc3c(C)[n+](C)c2cc1C. The monoisotopic (exact) mass is 236 g/mol. The predicted octanol–water partition coefficient (Wildman–Crippen LogP) is 3.74. The molecule has 2 aromatic carbocycles. The third-order valence-electron chi connectivity index (χ3n) is 4.08. The standard InChI is InChI=1S/C17H18N/c1-11-9-16-15-8-6-5-7-14(15)13(3)18(4)17(16)10-12(11)2/h5-10H,1-4H3/q+1. The van der Waals surface area contributed by atoms with Crippen molar-refractivity contribution in [2.75, 3.05) is 0 Å². The molecule has 0 bridgehead atoms. The van der Waals surface area contributed by atoms with Crippen molar-refractivity contribution in [3.8, 4) is 0 Å². The molecule has 1 heteroatoms. The Balaban J connectivity index is 2.65. The number of rotatable bonds is 0. The van der Waals surface area contributed by atoms with Crippen LogP contribution in [0.2, 0.25) is 0 Å². The van der Waals surface area contributed by atoms with E-state index < -0.39 is 0 Å². The predicted molar refractivity (Wildman–Crippen MR) is 76.8 cm³/mol. The minimum atomic E-state index is 1.31. The summed E-state index contributed by atoms with van der Waals surface area (Å²) in [5.74, 6) is 0. The van der Waals surface area contributed by atoms with Crippen molar-refractivity contribution in [2.24, 2.45) is 7.05 Å². The molecule has 1 nitrogen and oxygen atoms in total. The Hall–Kier alpha value is -1.89. The molecule has 0 atom stereocenters. The maximum atomic E-state index is 2.31. The lowest BCUT2D eigenvalue weighted by molar-refractivity contribution is -0.649. The largest absolute Gasteiger partial charge is 0.213 e. The number of aromatic nitrogens is 1. The van der Waals surface area contributed by atoms with Crippen LogP contribution >= 0.6 is 0 Å². The number of benzene rings is 2. The Morgan fingerprint density at radius 1 is 0.778 bits per heavy atom. The van der Waals surface area contributed by atoms with Crippen molar-refractivity contribution in [1.29, 1.82) is 0 Å². The highest BCUT2D eigenvalue weighted by molar-refractivity contribution is 6.05. The molecule has 90 valence electrons. The first kappa shape index (κ1) is 11.2. The first-order valence-electron chi connectivity index (χ1n) is 6.38. The zero-order valence-electron chi connectivity index (χ0n) is 11.4. The third-order valence-corrected chi connectivity index (χ3v) is 4.08. The first-order chi connectivity index (χ1) is 8.59. The Morgan fingerprint density at radius 2 is 1.39 bits per heavy atom. The highest BCUT2D eigenvalue weighted by atomic mass is 14.9. The van der Waals surface area contributed by atoms with Crippen LogP contribution in [0.1, 0.15) is 16.8 Å². The van der Waals surface area contributed by atoms with E-state index >= 15 is 0 Å². The van der Waals surface area contributed by atoms with Gasteiger partial charge in [0.2, 0.25) is 5.52 Å². The number of fused-ring (bicyclic) bond motifs is 3. The smallest absolute Gasteiger partial charge is 0.198 e. The van der Waals surface area contributed by atoms with Crippen LogP contribution in [-0.4, -0.2) is 0 Å². The number of nitrogens with zero attached hydrogens (tertiary/aromatic N) is 1. The number of hydrogen-bond acceptors (Lipinski definition) is 0. The van der Waals surface area contributed by atoms with Crippen LogP contribution in [0.25, 0.3) is 21.7 Å². The van der Waals surface area contributed by atoms with Crippen molar-refractivity contribution in [3.63, 3.8) is 0 Å². The average molecular weight is 236 g/mol. The molecule has 0 radical (unpaired) electrons. The molecular weight excluding hydrogens is 218 g/mol. The Morgan fingerprint density at radius 3 is 2.11 bits per heavy atom. The van der Waals surface area contributed by atoms with Crippen LogP contribution in [-0.2, 0) is 7.05 Å². The van der Waals surface area contributed by atoms with Gasteiger partial charge >= 0.3 is 0 Å². The normalized spacial score (nSPS) is 11.3. The van der Waals surface area contributed by atoms with Crippen LogP contribution in [0.15, 0.2) is 36.4 Å². The second kappa shape index (κ2) is 3.81. The highest BCUT2D eigenvalue weighted by Gasteiger charge is 2.15. The van der Waals surface area contributed by atoms with Gasteiger partial charge in [-0.25, -0.2) is 0 Å². The summed E-state index contributed by atoms with van der Waals surface area (Å²) in [4.78, 5) is 0. The second-order valence-electron chi connectivity index (χ2n) is 5.14. The van der Waals surface area contributed by atoms with Crippen LogP contribution < -0.4 is 4.57 Å². The quantitative estimate of drug-likeness (QED) is 0.413. The molecule has 1 aromatic heterocycles. The highest BCUT2D eigenvalue weighted by Crippen LogP contribution is 2.26. The first-order valence-corrected chi connectivity index (χ1v) is 6.38. The molecule has 0 aliphatic rings. The molecule has 0 aliphatic carbocycles. The van der Waals surface area contributed by atoms with Crippen molar-refractivity contribution < 1.29 is 4.57 Å². The summed E-state index contributed by atoms with van der Waals surface area (Å²) in [7, 11) is 2.15. The molecule has 18 heavy (non-hydrogen) atoms. The van der Waals surface area contributed by atoms with E-state index in [2.05, 4.69) is 68.8 Å². The molecule has 0 spiro atoms. The van der Waals surface area contributed by atoms with Gasteiger partial charge in [-0.1, -0.05) is 18.2 Å². The summed E-state index contributed by atoms with van der Waals surface area (Å²) in [6.45, 7) is 6.56. The van der Waals surface area contributed by atoms with Crippen molar-refractivity contribution in [1.82, 2.24) is 0 Å². The van der Waals surface area contributed by atoms with Gasteiger partial charge in [-0.3, -0.25) is 0 Å². The second-order valence-corrected chi connectivity index (χ2v) is 5.14. The third kappa shape index (κ3) is 1.43. The maximum Gasteiger partial charge on any atom is 0.213 e. The van der Waals surface area contributed by atoms with E-state index in [0.717, 1.165) is 0 Å². The van der Waals surface area contributed by atoms with E-state index in [1.165, 1.54) is 38.5 Å². The molecule has 0 fully saturated rings. The fraction of sp³-hybridized carbons (Fsp3) is 0.235. The molecular formula is C17H18N+. The number of aryl methyl sites for hydroxylation is 4. The van der Waals surface area contributed by atoms with Crippen LogP contribution in [0, 0.1) is 20.8 Å². The van der Waals surface area contributed by atoms with Gasteiger partial charge in [0.25, 0.3) is 0 Å². The van der Waals surface area contributed by atoms with Crippen molar-refractivity contribution >= 4 is 21.7 Å². The maximum absolute atomic E-state index is 2.31. The van der Waals surface area contributed by atoms with Gasteiger partial charge in [-0.2, -0.15) is 4.57 Å². The van der Waals surface area contributed by atoms with Gasteiger partial charge in [0.05, 0.1) is 5.39 Å². The summed E-state index contributed by atoms with van der Waals surface area (Å²) in [5.41, 5.74) is 5.35. The van der Waals surface area contributed by atoms with E-state index in [-0.39, 0.29) is 0 Å². The van der Waals surface area contributed by atoms with Gasteiger partial charge in [0, 0.05) is 23.8 Å². The fourth-order valence-electron chi connectivity index (χ4n) is 2.69. The zero-order chi connectivity index (χ0) is 12.9. The van der Waals surface area contributed by atoms with Crippen LogP contribution in [0.4, 0.5) is 0 Å². The lowest BCUT2D eigenvalue weighted by Crippen LogP contribution is -2.33. The van der Waals surface area contributed by atoms with E-state index in [1.807, 2.05) is 0 Å². The Labute approximate surface area is 108 Å². The Bertz CT molecular complexity index is 770. The van der Waals surface area contributed by atoms with Crippen molar-refractivity contribution in [2.45, 2.75) is 20.8 Å². The summed E-state index contributed by atoms with van der Waals surface area (Å²) >= 11 is 0. The molecule has 0 unspecified atom stereocenters. The zero-order valence-corrected chi connectivity index (χ0v) is 11.4. The van der Waals surface area contributed by atoms with E-state index in [9.17, 15) is 0 Å². The molecule has 0 N–H and O–H groups in total. The van der Waals surface area contributed by atoms with Crippen LogP contribution in [0.5, 0.6) is 0 Å². The van der Waals surface area contributed by atoms with E-state index in [4.69, 9.17) is 0 Å². The van der Waals surface area contributed by atoms with Crippen LogP contribution in [0.3, 0.4) is 0 Å². The molecule has 0 amide bonds. The summed E-state index contributed by atoms with van der Waals surface area (Å²) in [5, 5.41) is 4.05. The molecule has 0 saturated carbocycles. The molecule has 3 rings (SSSR count). The molecule has 0 saturated heterocycles. The fourth-order valence-corrected chi connectivity index (χ4v) is 2.69. The lowest BCUT2D eigenvalue weighted by Gasteiger charge is -2.08. The summed E-state index contributed by atoms with van der Waals surface area (Å²) in [6, 6.07) is 13.3. The molecule has 1 heterocycles. The summed E-state index contributed by atoms with van der Waals surface area (Å²) in [6.07, 6.45) is 0. The Kier molecular flexibility index (Phi) is 2.37. The van der Waals surface area contributed by atoms with Gasteiger partial charge in [-0.05, 0) is 37.1 Å². The molecule has 3 aromatic rings. The summed E-state index contributed by atoms with van der Waals surface area (Å²) < 4.78 is 2.30. The topological polar surface area (TPSA) is 3.88 Å². The van der Waals surface area contributed by atoms with E-state index in [1.54, 1.807) is 0 Å².